The van der Waals surface area contributed by atoms with Gasteiger partial charge in [-0.1, -0.05) is 6.92 Å². The van der Waals surface area contributed by atoms with Gasteiger partial charge in [0, 0.05) is 24.7 Å². The number of amides is 1. The summed E-state index contributed by atoms with van der Waals surface area (Å²) in [5, 5.41) is 0. The number of rotatable bonds is 1. The number of likely N-dealkylation sites (tertiary alicyclic amines) is 1. The highest BCUT2D eigenvalue weighted by atomic mass is 79.9. The number of nitrogens with two attached hydrogens (primary N) is 1. The molecule has 0 aromatic heterocycles. The number of carbonyl (C=O) groups is 1. The van der Waals surface area contributed by atoms with Crippen LogP contribution >= 0.6 is 15.9 Å². The Kier molecular flexibility index (Phi) is 3.49. The van der Waals surface area contributed by atoms with Gasteiger partial charge < -0.3 is 10.6 Å². The second-order valence-electron chi connectivity index (χ2n) is 4.48. The van der Waals surface area contributed by atoms with E-state index in [1.165, 1.54) is 18.2 Å². The number of hydrogen-bond donors (Lipinski definition) is 1. The van der Waals surface area contributed by atoms with Crippen molar-refractivity contribution < 1.29 is 9.18 Å². The average molecular weight is 301 g/mol. The van der Waals surface area contributed by atoms with Gasteiger partial charge in [-0.05, 0) is 40.0 Å². The van der Waals surface area contributed by atoms with E-state index in [-0.39, 0.29) is 17.8 Å². The molecule has 0 saturated carbocycles. The van der Waals surface area contributed by atoms with E-state index in [1.54, 1.807) is 4.90 Å². The molecule has 17 heavy (non-hydrogen) atoms. The van der Waals surface area contributed by atoms with E-state index < -0.39 is 0 Å². The van der Waals surface area contributed by atoms with E-state index in [4.69, 9.17) is 5.73 Å². The van der Waals surface area contributed by atoms with Crippen LogP contribution in [0, 0.1) is 11.7 Å². The molecular weight excluding hydrogens is 287 g/mol. The summed E-state index contributed by atoms with van der Waals surface area (Å²) in [6.45, 7) is 3.25. The summed E-state index contributed by atoms with van der Waals surface area (Å²) >= 11 is 3.08. The fourth-order valence-corrected chi connectivity index (χ4v) is 2.35. The summed E-state index contributed by atoms with van der Waals surface area (Å²) in [4.78, 5) is 13.8. The number of nitrogens with zero attached hydrogens (tertiary/aromatic N) is 1. The van der Waals surface area contributed by atoms with Crippen molar-refractivity contribution in [2.45, 2.75) is 13.0 Å². The lowest BCUT2D eigenvalue weighted by Crippen LogP contribution is -2.32. The van der Waals surface area contributed by atoms with Crippen LogP contribution in [-0.2, 0) is 0 Å². The largest absolute Gasteiger partial charge is 0.337 e. The van der Waals surface area contributed by atoms with Gasteiger partial charge in [0.05, 0.1) is 4.47 Å². The van der Waals surface area contributed by atoms with Crippen molar-refractivity contribution in [2.75, 3.05) is 13.1 Å². The first-order valence-electron chi connectivity index (χ1n) is 5.49. The third-order valence-electron chi connectivity index (χ3n) is 3.12. The predicted molar refractivity (Wildman–Crippen MR) is 67.1 cm³/mol. The van der Waals surface area contributed by atoms with Crippen molar-refractivity contribution >= 4 is 21.8 Å². The molecule has 3 nitrogen and oxygen atoms in total. The van der Waals surface area contributed by atoms with Crippen LogP contribution in [0.5, 0.6) is 0 Å². The molecule has 0 radical (unpaired) electrons. The topological polar surface area (TPSA) is 46.3 Å². The normalized spacial score (nSPS) is 24.1. The Bertz CT molecular complexity index is 442. The first-order chi connectivity index (χ1) is 7.99. The number of hydrogen-bond acceptors (Lipinski definition) is 2. The van der Waals surface area contributed by atoms with Gasteiger partial charge in [0.1, 0.15) is 5.82 Å². The first-order valence-corrected chi connectivity index (χ1v) is 6.28. The van der Waals surface area contributed by atoms with E-state index in [0.29, 0.717) is 29.0 Å². The summed E-state index contributed by atoms with van der Waals surface area (Å²) in [6, 6.07) is 4.32. The lowest BCUT2D eigenvalue weighted by molar-refractivity contribution is 0.0786. The Morgan fingerprint density at radius 1 is 1.53 bits per heavy atom. The fraction of sp³-hybridized carbons (Fsp3) is 0.417. The van der Waals surface area contributed by atoms with E-state index >= 15 is 0 Å². The van der Waals surface area contributed by atoms with Gasteiger partial charge in [0.15, 0.2) is 0 Å². The highest BCUT2D eigenvalue weighted by Crippen LogP contribution is 2.21. The SMILES string of the molecule is CC1CN(C(=O)c2ccc(F)c(Br)c2)CC1N. The van der Waals surface area contributed by atoms with Crippen LogP contribution in [0.1, 0.15) is 17.3 Å². The molecule has 1 aromatic rings. The molecule has 2 rings (SSSR count). The van der Waals surface area contributed by atoms with E-state index in [0.717, 1.165) is 0 Å². The van der Waals surface area contributed by atoms with Crippen LogP contribution in [0.2, 0.25) is 0 Å². The van der Waals surface area contributed by atoms with Crippen molar-refractivity contribution in [1.29, 1.82) is 0 Å². The standard InChI is InChI=1S/C12H14BrFN2O/c1-7-5-16(6-11(7)15)12(17)8-2-3-10(14)9(13)4-8/h2-4,7,11H,5-6,15H2,1H3. The zero-order chi connectivity index (χ0) is 12.6. The molecule has 2 unspecified atom stereocenters. The van der Waals surface area contributed by atoms with Crippen LogP contribution in [-0.4, -0.2) is 29.9 Å². The summed E-state index contributed by atoms with van der Waals surface area (Å²) in [5.41, 5.74) is 6.36. The number of halogens is 2. The molecule has 1 fully saturated rings. The van der Waals surface area contributed by atoms with Crippen molar-refractivity contribution in [3.8, 4) is 0 Å². The van der Waals surface area contributed by atoms with Crippen LogP contribution < -0.4 is 5.73 Å². The maximum Gasteiger partial charge on any atom is 0.253 e. The minimum absolute atomic E-state index is 0.0304. The summed E-state index contributed by atoms with van der Waals surface area (Å²) in [5.74, 6) is -0.151. The molecule has 0 spiro atoms. The Morgan fingerprint density at radius 2 is 2.24 bits per heavy atom. The third kappa shape index (κ3) is 2.50. The fourth-order valence-electron chi connectivity index (χ4n) is 1.97. The van der Waals surface area contributed by atoms with Gasteiger partial charge in [-0.3, -0.25) is 4.79 Å². The summed E-state index contributed by atoms with van der Waals surface area (Å²) in [6.07, 6.45) is 0. The quantitative estimate of drug-likeness (QED) is 0.862. The highest BCUT2D eigenvalue weighted by molar-refractivity contribution is 9.10. The van der Waals surface area contributed by atoms with Gasteiger partial charge >= 0.3 is 0 Å². The van der Waals surface area contributed by atoms with Gasteiger partial charge in [0.25, 0.3) is 5.91 Å². The Morgan fingerprint density at radius 3 is 2.76 bits per heavy atom. The van der Waals surface area contributed by atoms with Gasteiger partial charge in [-0.2, -0.15) is 0 Å². The molecule has 0 bridgehead atoms. The molecule has 1 heterocycles. The number of benzene rings is 1. The predicted octanol–water partition coefficient (Wildman–Crippen LogP) is 2.01. The summed E-state index contributed by atoms with van der Waals surface area (Å²) < 4.78 is 13.4. The molecule has 1 aromatic carbocycles. The zero-order valence-electron chi connectivity index (χ0n) is 9.49. The second-order valence-corrected chi connectivity index (χ2v) is 5.33. The van der Waals surface area contributed by atoms with Crippen LogP contribution in [0.4, 0.5) is 4.39 Å². The summed E-state index contributed by atoms with van der Waals surface area (Å²) in [7, 11) is 0. The first kappa shape index (κ1) is 12.5. The van der Waals surface area contributed by atoms with Crippen molar-refractivity contribution in [1.82, 2.24) is 4.90 Å². The third-order valence-corrected chi connectivity index (χ3v) is 3.73. The van der Waals surface area contributed by atoms with E-state index in [2.05, 4.69) is 15.9 Å². The number of carbonyl (C=O) groups excluding carboxylic acids is 1. The molecule has 92 valence electrons. The minimum Gasteiger partial charge on any atom is -0.337 e. The van der Waals surface area contributed by atoms with E-state index in [1.807, 2.05) is 6.92 Å². The molecule has 1 saturated heterocycles. The van der Waals surface area contributed by atoms with Gasteiger partial charge in [-0.15, -0.1) is 0 Å². The maximum absolute atomic E-state index is 13.1. The maximum atomic E-state index is 13.1. The van der Waals surface area contributed by atoms with Crippen molar-refractivity contribution in [3.63, 3.8) is 0 Å². The minimum atomic E-state index is -0.368. The Balaban J connectivity index is 2.17. The molecule has 1 amide bonds. The van der Waals surface area contributed by atoms with E-state index in [9.17, 15) is 9.18 Å². The van der Waals surface area contributed by atoms with Crippen molar-refractivity contribution in [2.24, 2.45) is 11.7 Å². The zero-order valence-corrected chi connectivity index (χ0v) is 11.1. The molecule has 1 aliphatic rings. The molecule has 5 heteroatoms. The Labute approximate surface area is 108 Å². The lowest BCUT2D eigenvalue weighted by Gasteiger charge is -2.16. The molecular formula is C12H14BrFN2O. The highest BCUT2D eigenvalue weighted by Gasteiger charge is 2.30. The molecule has 0 aliphatic carbocycles. The average Bonchev–Trinajstić information content (AvgIpc) is 2.62. The van der Waals surface area contributed by atoms with Crippen molar-refractivity contribution in [3.05, 3.63) is 34.1 Å². The lowest BCUT2D eigenvalue weighted by atomic mass is 10.1. The van der Waals surface area contributed by atoms with Gasteiger partial charge in [-0.25, -0.2) is 4.39 Å². The molecule has 2 N–H and O–H groups in total. The molecule has 1 aliphatic heterocycles. The Hall–Kier alpha value is -0.940. The van der Waals surface area contributed by atoms with Crippen LogP contribution in [0.3, 0.4) is 0 Å². The smallest absolute Gasteiger partial charge is 0.253 e. The van der Waals surface area contributed by atoms with Gasteiger partial charge in [0.2, 0.25) is 0 Å². The van der Waals surface area contributed by atoms with Crippen LogP contribution in [0.25, 0.3) is 0 Å². The molecule has 2 atom stereocenters. The van der Waals surface area contributed by atoms with Crippen LogP contribution in [0.15, 0.2) is 22.7 Å². The monoisotopic (exact) mass is 300 g/mol. The second kappa shape index (κ2) is 4.74.